The zero-order chi connectivity index (χ0) is 14.1. The highest BCUT2D eigenvalue weighted by Gasteiger charge is 2.28. The van der Waals surface area contributed by atoms with E-state index >= 15 is 0 Å². The van der Waals surface area contributed by atoms with Crippen molar-refractivity contribution in [3.63, 3.8) is 0 Å². The summed E-state index contributed by atoms with van der Waals surface area (Å²) < 4.78 is 5.44. The number of ether oxygens (including phenoxy) is 1. The molecule has 0 radical (unpaired) electrons. The van der Waals surface area contributed by atoms with Gasteiger partial charge in [0.25, 0.3) is 0 Å². The lowest BCUT2D eigenvalue weighted by Crippen LogP contribution is -2.45. The summed E-state index contributed by atoms with van der Waals surface area (Å²) in [5, 5.41) is 0. The number of carbonyl (C=O) groups is 1. The maximum atomic E-state index is 12.3. The number of halogens is 1. The largest absolute Gasteiger partial charge is 0.462 e. The van der Waals surface area contributed by atoms with Crippen LogP contribution in [-0.4, -0.2) is 36.1 Å². The van der Waals surface area contributed by atoms with Crippen molar-refractivity contribution in [2.24, 2.45) is 0 Å². The van der Waals surface area contributed by atoms with Crippen molar-refractivity contribution in [1.29, 1.82) is 0 Å². The molecule has 20 heavy (non-hydrogen) atoms. The van der Waals surface area contributed by atoms with Crippen LogP contribution in [0.5, 0.6) is 0 Å². The first-order chi connectivity index (χ1) is 9.15. The van der Waals surface area contributed by atoms with Crippen LogP contribution in [0.2, 0.25) is 0 Å². The van der Waals surface area contributed by atoms with Gasteiger partial charge >= 0.3 is 5.97 Å². The van der Waals surface area contributed by atoms with Gasteiger partial charge < -0.3 is 4.74 Å². The van der Waals surface area contributed by atoms with Gasteiger partial charge in [-0.05, 0) is 46.2 Å². The second kappa shape index (κ2) is 11.4. The third-order valence-corrected chi connectivity index (χ3v) is 3.79. The van der Waals surface area contributed by atoms with E-state index in [0.717, 1.165) is 25.9 Å². The number of unbranched alkanes of at least 4 members (excludes halogenated alkanes) is 3. The first-order valence-electron chi connectivity index (χ1n) is 8.09. The molecule has 1 atom stereocenters. The van der Waals surface area contributed by atoms with E-state index in [1.165, 1.54) is 38.5 Å². The van der Waals surface area contributed by atoms with Gasteiger partial charge in [0.1, 0.15) is 6.04 Å². The topological polar surface area (TPSA) is 29.5 Å². The van der Waals surface area contributed by atoms with Gasteiger partial charge in [0.2, 0.25) is 0 Å². The number of esters is 1. The Morgan fingerprint density at radius 1 is 1.10 bits per heavy atom. The Morgan fingerprint density at radius 3 is 2.30 bits per heavy atom. The SMILES string of the molecule is CCCCCCC(C(=O)OC(C)C)N1CCCCC1.Cl. The molecular weight excluding hydrogens is 274 g/mol. The van der Waals surface area contributed by atoms with Gasteiger partial charge in [-0.1, -0.05) is 39.0 Å². The highest BCUT2D eigenvalue weighted by Crippen LogP contribution is 2.18. The fourth-order valence-electron chi connectivity index (χ4n) is 2.75. The Hall–Kier alpha value is -0.280. The third kappa shape index (κ3) is 7.49. The van der Waals surface area contributed by atoms with Crippen molar-refractivity contribution >= 4 is 18.4 Å². The van der Waals surface area contributed by atoms with E-state index in [1.807, 2.05) is 13.8 Å². The molecular formula is C16H32ClNO2. The van der Waals surface area contributed by atoms with Crippen molar-refractivity contribution < 1.29 is 9.53 Å². The quantitative estimate of drug-likeness (QED) is 0.497. The molecule has 1 unspecified atom stereocenters. The van der Waals surface area contributed by atoms with E-state index in [0.29, 0.717) is 0 Å². The molecule has 1 saturated heterocycles. The van der Waals surface area contributed by atoms with Gasteiger partial charge in [0, 0.05) is 0 Å². The molecule has 0 saturated carbocycles. The standard InChI is InChI=1S/C16H31NO2.ClH/c1-4-5-6-8-11-15(16(18)19-14(2)3)17-12-9-7-10-13-17;/h14-15H,4-13H2,1-3H3;1H. The molecule has 1 rings (SSSR count). The normalized spacial score (nSPS) is 17.6. The first kappa shape index (κ1) is 19.7. The second-order valence-electron chi connectivity index (χ2n) is 5.95. The predicted molar refractivity (Wildman–Crippen MR) is 86.4 cm³/mol. The Balaban J connectivity index is 0.00000361. The summed E-state index contributed by atoms with van der Waals surface area (Å²) in [7, 11) is 0. The number of rotatable bonds is 8. The number of carbonyl (C=O) groups excluding carboxylic acids is 1. The Kier molecular flexibility index (Phi) is 11.2. The highest BCUT2D eigenvalue weighted by atomic mass is 35.5. The number of piperidine rings is 1. The van der Waals surface area contributed by atoms with Crippen LogP contribution in [0.3, 0.4) is 0 Å². The van der Waals surface area contributed by atoms with Gasteiger partial charge in [-0.3, -0.25) is 9.69 Å². The summed E-state index contributed by atoms with van der Waals surface area (Å²) in [6.45, 7) is 8.21. The molecule has 0 N–H and O–H groups in total. The van der Waals surface area contributed by atoms with E-state index in [-0.39, 0.29) is 30.5 Å². The zero-order valence-corrected chi connectivity index (χ0v) is 14.2. The van der Waals surface area contributed by atoms with Crippen LogP contribution in [0.25, 0.3) is 0 Å². The maximum absolute atomic E-state index is 12.3. The van der Waals surface area contributed by atoms with Gasteiger partial charge in [-0.25, -0.2) is 0 Å². The first-order valence-corrected chi connectivity index (χ1v) is 8.09. The summed E-state index contributed by atoms with van der Waals surface area (Å²) in [4.78, 5) is 14.6. The number of hydrogen-bond donors (Lipinski definition) is 0. The summed E-state index contributed by atoms with van der Waals surface area (Å²) >= 11 is 0. The number of hydrogen-bond acceptors (Lipinski definition) is 3. The highest BCUT2D eigenvalue weighted by molar-refractivity contribution is 5.85. The predicted octanol–water partition coefficient (Wildman–Crippen LogP) is 4.18. The van der Waals surface area contributed by atoms with Crippen LogP contribution in [-0.2, 0) is 9.53 Å². The fraction of sp³-hybridized carbons (Fsp3) is 0.938. The molecule has 1 fully saturated rings. The molecule has 1 aliphatic rings. The van der Waals surface area contributed by atoms with E-state index in [1.54, 1.807) is 0 Å². The molecule has 0 bridgehead atoms. The molecule has 0 spiro atoms. The van der Waals surface area contributed by atoms with Gasteiger partial charge in [-0.2, -0.15) is 0 Å². The molecule has 0 aromatic rings. The number of nitrogens with zero attached hydrogens (tertiary/aromatic N) is 1. The van der Waals surface area contributed by atoms with Crippen molar-refractivity contribution in [2.45, 2.75) is 84.3 Å². The monoisotopic (exact) mass is 305 g/mol. The summed E-state index contributed by atoms with van der Waals surface area (Å²) in [6.07, 6.45) is 9.59. The van der Waals surface area contributed by atoms with Gasteiger partial charge in [-0.15, -0.1) is 12.4 Å². The Labute approximate surface area is 130 Å². The van der Waals surface area contributed by atoms with E-state index in [4.69, 9.17) is 4.74 Å². The smallest absolute Gasteiger partial charge is 0.323 e. The molecule has 120 valence electrons. The molecule has 1 heterocycles. The summed E-state index contributed by atoms with van der Waals surface area (Å²) in [5.74, 6) is -0.00611. The van der Waals surface area contributed by atoms with Crippen molar-refractivity contribution in [3.05, 3.63) is 0 Å². The fourth-order valence-corrected chi connectivity index (χ4v) is 2.75. The van der Waals surface area contributed by atoms with E-state index in [2.05, 4.69) is 11.8 Å². The molecule has 0 amide bonds. The third-order valence-electron chi connectivity index (χ3n) is 3.79. The average Bonchev–Trinajstić information content (AvgIpc) is 2.39. The summed E-state index contributed by atoms with van der Waals surface area (Å²) in [6, 6.07) is -0.000411. The van der Waals surface area contributed by atoms with Gasteiger partial charge in [0.15, 0.2) is 0 Å². The van der Waals surface area contributed by atoms with Crippen LogP contribution in [0, 0.1) is 0 Å². The van der Waals surface area contributed by atoms with Gasteiger partial charge in [0.05, 0.1) is 6.10 Å². The lowest BCUT2D eigenvalue weighted by Gasteiger charge is -2.33. The maximum Gasteiger partial charge on any atom is 0.323 e. The Morgan fingerprint density at radius 2 is 1.75 bits per heavy atom. The van der Waals surface area contributed by atoms with Crippen LogP contribution in [0.4, 0.5) is 0 Å². The minimum absolute atomic E-state index is 0. The molecule has 0 aromatic heterocycles. The molecule has 0 aromatic carbocycles. The summed E-state index contributed by atoms with van der Waals surface area (Å²) in [5.41, 5.74) is 0. The zero-order valence-electron chi connectivity index (χ0n) is 13.4. The molecule has 4 heteroatoms. The van der Waals surface area contributed by atoms with Crippen LogP contribution >= 0.6 is 12.4 Å². The van der Waals surface area contributed by atoms with Crippen LogP contribution in [0.15, 0.2) is 0 Å². The van der Waals surface area contributed by atoms with E-state index < -0.39 is 0 Å². The number of likely N-dealkylation sites (tertiary alicyclic amines) is 1. The minimum Gasteiger partial charge on any atom is -0.462 e. The minimum atomic E-state index is -0.00611. The lowest BCUT2D eigenvalue weighted by molar-refractivity contribution is -0.154. The lowest BCUT2D eigenvalue weighted by atomic mass is 10.0. The van der Waals surface area contributed by atoms with Crippen molar-refractivity contribution in [3.8, 4) is 0 Å². The molecule has 0 aliphatic carbocycles. The molecule has 3 nitrogen and oxygen atoms in total. The Bertz CT molecular complexity index is 253. The molecule has 1 aliphatic heterocycles. The van der Waals surface area contributed by atoms with Crippen molar-refractivity contribution in [1.82, 2.24) is 4.90 Å². The van der Waals surface area contributed by atoms with Crippen molar-refractivity contribution in [2.75, 3.05) is 13.1 Å². The van der Waals surface area contributed by atoms with Crippen LogP contribution in [0.1, 0.15) is 72.1 Å². The van der Waals surface area contributed by atoms with E-state index in [9.17, 15) is 4.79 Å². The van der Waals surface area contributed by atoms with Crippen LogP contribution < -0.4 is 0 Å². The second-order valence-corrected chi connectivity index (χ2v) is 5.95. The average molecular weight is 306 g/mol.